The van der Waals surface area contributed by atoms with Gasteiger partial charge in [0.2, 0.25) is 0 Å². The zero-order chi connectivity index (χ0) is 16.8. The third-order valence-corrected chi connectivity index (χ3v) is 5.18. The second-order valence-corrected chi connectivity index (χ2v) is 6.49. The molecule has 3 heterocycles. The standard InChI is InChI=1S/C18H20FN3O2/c1-11-6-7-20-17(13(11)10-23)22-9-8-21-14-5-3-2-4-12(14)15(19)16(21)18(22)24/h6-7,23H,2-5,8-10H2,1H3. The molecule has 1 N–H and O–H groups in total. The molecule has 6 heteroatoms. The molecule has 1 aliphatic carbocycles. The number of halogens is 1. The highest BCUT2D eigenvalue weighted by Gasteiger charge is 2.36. The van der Waals surface area contributed by atoms with Gasteiger partial charge in [0.15, 0.2) is 5.82 Å². The zero-order valence-electron chi connectivity index (χ0n) is 13.7. The van der Waals surface area contributed by atoms with Crippen LogP contribution in [0.3, 0.4) is 0 Å². The average Bonchev–Trinajstić information content (AvgIpc) is 2.89. The van der Waals surface area contributed by atoms with Gasteiger partial charge in [-0.05, 0) is 44.2 Å². The summed E-state index contributed by atoms with van der Waals surface area (Å²) in [5.41, 5.74) is 3.35. The summed E-state index contributed by atoms with van der Waals surface area (Å²) in [5.74, 6) is -0.286. The molecule has 2 aliphatic rings. The fourth-order valence-electron chi connectivity index (χ4n) is 3.91. The van der Waals surface area contributed by atoms with Crippen molar-refractivity contribution in [2.45, 2.75) is 45.8 Å². The number of aromatic nitrogens is 2. The first-order chi connectivity index (χ1) is 11.6. The van der Waals surface area contributed by atoms with Crippen LogP contribution in [0.1, 0.15) is 45.7 Å². The number of amides is 1. The van der Waals surface area contributed by atoms with E-state index >= 15 is 0 Å². The van der Waals surface area contributed by atoms with Crippen LogP contribution >= 0.6 is 0 Å². The van der Waals surface area contributed by atoms with Crippen LogP contribution in [-0.2, 0) is 26.0 Å². The first-order valence-corrected chi connectivity index (χ1v) is 8.40. The number of pyridine rings is 1. The number of nitrogens with zero attached hydrogens (tertiary/aromatic N) is 3. The van der Waals surface area contributed by atoms with Gasteiger partial charge in [-0.25, -0.2) is 9.37 Å². The number of hydrogen-bond donors (Lipinski definition) is 1. The van der Waals surface area contributed by atoms with E-state index in [9.17, 15) is 14.3 Å². The Kier molecular flexibility index (Phi) is 3.64. The van der Waals surface area contributed by atoms with Gasteiger partial charge in [-0.2, -0.15) is 0 Å². The van der Waals surface area contributed by atoms with Gasteiger partial charge in [0.1, 0.15) is 11.5 Å². The van der Waals surface area contributed by atoms with Crippen molar-refractivity contribution in [2.75, 3.05) is 11.4 Å². The Morgan fingerprint density at radius 2 is 2.08 bits per heavy atom. The summed E-state index contributed by atoms with van der Waals surface area (Å²) in [6.07, 6.45) is 5.18. The normalized spacial score (nSPS) is 17.0. The Balaban J connectivity index is 1.81. The van der Waals surface area contributed by atoms with Gasteiger partial charge in [-0.15, -0.1) is 0 Å². The molecule has 126 valence electrons. The molecular weight excluding hydrogens is 309 g/mol. The van der Waals surface area contributed by atoms with Gasteiger partial charge in [0.05, 0.1) is 6.61 Å². The number of hydrogen-bond acceptors (Lipinski definition) is 3. The van der Waals surface area contributed by atoms with Crippen LogP contribution in [0.5, 0.6) is 0 Å². The van der Waals surface area contributed by atoms with Gasteiger partial charge >= 0.3 is 0 Å². The van der Waals surface area contributed by atoms with Gasteiger partial charge < -0.3 is 9.67 Å². The average molecular weight is 329 g/mol. The van der Waals surface area contributed by atoms with Crippen LogP contribution in [0.25, 0.3) is 0 Å². The van der Waals surface area contributed by atoms with Crippen LogP contribution in [0, 0.1) is 12.7 Å². The number of anilines is 1. The van der Waals surface area contributed by atoms with Crippen molar-refractivity contribution in [1.29, 1.82) is 0 Å². The maximum absolute atomic E-state index is 14.9. The fraction of sp³-hybridized carbons (Fsp3) is 0.444. The highest BCUT2D eigenvalue weighted by atomic mass is 19.1. The maximum Gasteiger partial charge on any atom is 0.279 e. The molecule has 4 rings (SSSR count). The number of fused-ring (bicyclic) bond motifs is 3. The van der Waals surface area contributed by atoms with E-state index in [2.05, 4.69) is 4.98 Å². The molecule has 2 aromatic heterocycles. The molecule has 0 unspecified atom stereocenters. The Hall–Kier alpha value is -2.21. The zero-order valence-corrected chi connectivity index (χ0v) is 13.7. The predicted molar refractivity (Wildman–Crippen MR) is 87.6 cm³/mol. The molecule has 1 aliphatic heterocycles. The summed E-state index contributed by atoms with van der Waals surface area (Å²) >= 11 is 0. The first-order valence-electron chi connectivity index (χ1n) is 8.40. The van der Waals surface area contributed by atoms with Crippen molar-refractivity contribution >= 4 is 11.7 Å². The van der Waals surface area contributed by atoms with E-state index < -0.39 is 0 Å². The summed E-state index contributed by atoms with van der Waals surface area (Å²) in [5, 5.41) is 9.64. The first kappa shape index (κ1) is 15.3. The van der Waals surface area contributed by atoms with E-state index in [0.29, 0.717) is 36.5 Å². The van der Waals surface area contributed by atoms with E-state index in [0.717, 1.165) is 30.5 Å². The number of carbonyl (C=O) groups is 1. The van der Waals surface area contributed by atoms with Crippen LogP contribution in [-0.4, -0.2) is 27.1 Å². The molecule has 0 saturated carbocycles. The third-order valence-electron chi connectivity index (χ3n) is 5.18. The number of aryl methyl sites for hydroxylation is 1. The van der Waals surface area contributed by atoms with Crippen LogP contribution in [0.15, 0.2) is 12.3 Å². The summed E-state index contributed by atoms with van der Waals surface area (Å²) in [7, 11) is 0. The predicted octanol–water partition coefficient (Wildman–Crippen LogP) is 2.36. The highest BCUT2D eigenvalue weighted by Crippen LogP contribution is 2.33. The van der Waals surface area contributed by atoms with Crippen LogP contribution in [0.2, 0.25) is 0 Å². The molecule has 0 radical (unpaired) electrons. The smallest absolute Gasteiger partial charge is 0.279 e. The summed E-state index contributed by atoms with van der Waals surface area (Å²) in [6, 6.07) is 1.80. The molecular formula is C18H20FN3O2. The molecule has 0 fully saturated rings. The van der Waals surface area contributed by atoms with Gasteiger partial charge in [-0.3, -0.25) is 9.69 Å². The number of aliphatic hydroxyl groups is 1. The van der Waals surface area contributed by atoms with Gasteiger partial charge in [-0.1, -0.05) is 0 Å². The van der Waals surface area contributed by atoms with Crippen LogP contribution < -0.4 is 4.90 Å². The van der Waals surface area contributed by atoms with Crippen molar-refractivity contribution < 1.29 is 14.3 Å². The minimum Gasteiger partial charge on any atom is -0.392 e. The van der Waals surface area contributed by atoms with E-state index in [4.69, 9.17) is 0 Å². The lowest BCUT2D eigenvalue weighted by Gasteiger charge is -2.30. The number of aliphatic hydroxyl groups excluding tert-OH is 1. The lowest BCUT2D eigenvalue weighted by Crippen LogP contribution is -2.42. The molecule has 0 atom stereocenters. The summed E-state index contributed by atoms with van der Waals surface area (Å²) in [6.45, 7) is 2.68. The van der Waals surface area contributed by atoms with Crippen molar-refractivity contribution in [3.8, 4) is 0 Å². The molecule has 24 heavy (non-hydrogen) atoms. The molecule has 0 saturated heterocycles. The number of carbonyl (C=O) groups excluding carboxylic acids is 1. The second-order valence-electron chi connectivity index (χ2n) is 6.49. The minimum atomic E-state index is -0.363. The number of rotatable bonds is 2. The lowest BCUT2D eigenvalue weighted by molar-refractivity contribution is 0.0958. The third kappa shape index (κ3) is 2.09. The monoisotopic (exact) mass is 329 g/mol. The maximum atomic E-state index is 14.9. The van der Waals surface area contributed by atoms with E-state index in [1.165, 1.54) is 4.90 Å². The van der Waals surface area contributed by atoms with Gasteiger partial charge in [0.25, 0.3) is 5.91 Å². The Morgan fingerprint density at radius 3 is 2.88 bits per heavy atom. The molecule has 2 aromatic rings. The second kappa shape index (κ2) is 5.70. The van der Waals surface area contributed by atoms with E-state index in [1.54, 1.807) is 12.3 Å². The summed E-state index contributed by atoms with van der Waals surface area (Å²) < 4.78 is 16.7. The van der Waals surface area contributed by atoms with Crippen molar-refractivity contribution in [3.63, 3.8) is 0 Å². The Morgan fingerprint density at radius 1 is 1.29 bits per heavy atom. The molecule has 1 amide bonds. The van der Waals surface area contributed by atoms with E-state index in [-0.39, 0.29) is 24.0 Å². The van der Waals surface area contributed by atoms with Gasteiger partial charge in [0, 0.05) is 36.1 Å². The fourth-order valence-corrected chi connectivity index (χ4v) is 3.91. The SMILES string of the molecule is Cc1ccnc(N2CCn3c4c(c(F)c3C2=O)CCCC4)c1CO. The van der Waals surface area contributed by atoms with Crippen molar-refractivity contribution in [1.82, 2.24) is 9.55 Å². The van der Waals surface area contributed by atoms with Crippen LogP contribution in [0.4, 0.5) is 10.2 Å². The van der Waals surface area contributed by atoms with Crippen molar-refractivity contribution in [2.24, 2.45) is 0 Å². The largest absolute Gasteiger partial charge is 0.392 e. The molecule has 0 spiro atoms. The van der Waals surface area contributed by atoms with E-state index in [1.807, 2.05) is 11.5 Å². The quantitative estimate of drug-likeness (QED) is 0.920. The topological polar surface area (TPSA) is 58.4 Å². The lowest BCUT2D eigenvalue weighted by atomic mass is 9.97. The minimum absolute atomic E-state index is 0.153. The Bertz CT molecular complexity index is 828. The molecule has 5 nitrogen and oxygen atoms in total. The molecule has 0 aromatic carbocycles. The Labute approximate surface area is 139 Å². The molecule has 0 bridgehead atoms. The highest BCUT2D eigenvalue weighted by molar-refractivity contribution is 6.06. The van der Waals surface area contributed by atoms with Crippen molar-refractivity contribution in [3.05, 3.63) is 46.2 Å². The summed E-state index contributed by atoms with van der Waals surface area (Å²) in [4.78, 5) is 18.8.